The number of hydrogen-bond acceptors (Lipinski definition) is 4. The van der Waals surface area contributed by atoms with Crippen LogP contribution in [0.3, 0.4) is 0 Å². The number of amides is 1. The van der Waals surface area contributed by atoms with Gasteiger partial charge in [-0.15, -0.1) is 0 Å². The number of rotatable bonds is 8. The van der Waals surface area contributed by atoms with Crippen LogP contribution >= 0.6 is 23.2 Å². The summed E-state index contributed by atoms with van der Waals surface area (Å²) in [4.78, 5) is 27.2. The highest BCUT2D eigenvalue weighted by atomic mass is 35.5. The minimum Gasteiger partial charge on any atom is -0.481 e. The van der Waals surface area contributed by atoms with Gasteiger partial charge in [0, 0.05) is 16.0 Å². The number of likely N-dealkylation sites (tertiary alicyclic amines) is 1. The predicted octanol–water partition coefficient (Wildman–Crippen LogP) is 4.66. The summed E-state index contributed by atoms with van der Waals surface area (Å²) >= 11 is 12.4. The van der Waals surface area contributed by atoms with E-state index in [0.29, 0.717) is 16.5 Å². The van der Waals surface area contributed by atoms with Crippen LogP contribution in [0.25, 0.3) is 0 Å². The van der Waals surface area contributed by atoms with Crippen LogP contribution in [0.5, 0.6) is 0 Å². The second-order valence-corrected chi connectivity index (χ2v) is 9.80. The van der Waals surface area contributed by atoms with E-state index >= 15 is 0 Å². The molecule has 0 unspecified atom stereocenters. The Labute approximate surface area is 203 Å². The number of benzene rings is 2. The molecule has 1 saturated heterocycles. The van der Waals surface area contributed by atoms with E-state index < -0.39 is 36.2 Å². The third-order valence-corrected chi connectivity index (χ3v) is 7.03. The van der Waals surface area contributed by atoms with Gasteiger partial charge in [-0.05, 0) is 48.2 Å². The highest BCUT2D eigenvalue weighted by Crippen LogP contribution is 2.52. The molecule has 6 nitrogen and oxygen atoms in total. The van der Waals surface area contributed by atoms with Crippen molar-refractivity contribution in [3.63, 3.8) is 0 Å². The van der Waals surface area contributed by atoms with Crippen LogP contribution in [0.4, 0.5) is 0 Å². The Morgan fingerprint density at radius 1 is 1.15 bits per heavy atom. The van der Waals surface area contributed by atoms with Gasteiger partial charge in [0.05, 0.1) is 36.6 Å². The molecule has 3 N–H and O–H groups in total. The summed E-state index contributed by atoms with van der Waals surface area (Å²) in [6.45, 7) is 2.96. The maximum Gasteiger partial charge on any atom is 0.304 e. The topological polar surface area (TPSA) is 98.1 Å². The minimum absolute atomic E-state index is 0.286. The number of aliphatic hydroxyl groups is 2. The highest BCUT2D eigenvalue weighted by molar-refractivity contribution is 6.30. The molecule has 0 aromatic heterocycles. The number of carbonyl (C=O) groups is 2. The number of carboxylic acid groups (broad SMARTS) is 1. The summed E-state index contributed by atoms with van der Waals surface area (Å²) < 4.78 is 0. The van der Waals surface area contributed by atoms with Gasteiger partial charge in [-0.25, -0.2) is 0 Å². The summed E-state index contributed by atoms with van der Waals surface area (Å²) in [6, 6.07) is 13.3. The largest absolute Gasteiger partial charge is 0.481 e. The first-order valence-corrected chi connectivity index (χ1v) is 11.7. The Balaban J connectivity index is 2.25. The molecule has 0 aliphatic carbocycles. The Morgan fingerprint density at radius 3 is 2.36 bits per heavy atom. The van der Waals surface area contributed by atoms with Crippen molar-refractivity contribution in [3.05, 3.63) is 69.7 Å². The van der Waals surface area contributed by atoms with Gasteiger partial charge in [0.1, 0.15) is 0 Å². The molecule has 178 valence electrons. The fourth-order valence-electron chi connectivity index (χ4n) is 5.02. The normalized spacial score (nSPS) is 25.0. The first kappa shape index (κ1) is 25.5. The van der Waals surface area contributed by atoms with Gasteiger partial charge in [-0.3, -0.25) is 9.59 Å². The van der Waals surface area contributed by atoms with Crippen molar-refractivity contribution >= 4 is 35.1 Å². The van der Waals surface area contributed by atoms with E-state index in [1.54, 1.807) is 30.0 Å². The SMILES string of the molecule is CC[C@@H]([C@H](O)CO)N1C(=O)[C@@](C)(CC(=O)O)C[C@H](c2cccc(Cl)c2)[C@H]1c1ccc(Cl)cc1. The molecule has 1 aliphatic heterocycles. The molecule has 0 bridgehead atoms. The quantitative estimate of drug-likeness (QED) is 0.496. The number of piperidine rings is 1. The molecule has 1 aliphatic rings. The fraction of sp³-hybridized carbons (Fsp3) is 0.440. The van der Waals surface area contributed by atoms with Crippen LogP contribution in [-0.2, 0) is 9.59 Å². The zero-order chi connectivity index (χ0) is 24.3. The first-order chi connectivity index (χ1) is 15.6. The lowest BCUT2D eigenvalue weighted by atomic mass is 9.67. The molecular formula is C25H29Cl2NO5. The van der Waals surface area contributed by atoms with Gasteiger partial charge in [-0.2, -0.15) is 0 Å². The van der Waals surface area contributed by atoms with Crippen molar-refractivity contribution in [2.45, 2.75) is 57.2 Å². The number of aliphatic hydroxyl groups excluding tert-OH is 2. The smallest absolute Gasteiger partial charge is 0.304 e. The van der Waals surface area contributed by atoms with Gasteiger partial charge in [-0.1, -0.05) is 61.3 Å². The molecule has 5 atom stereocenters. The predicted molar refractivity (Wildman–Crippen MR) is 127 cm³/mol. The highest BCUT2D eigenvalue weighted by Gasteiger charge is 2.53. The van der Waals surface area contributed by atoms with E-state index in [0.717, 1.165) is 11.1 Å². The second-order valence-electron chi connectivity index (χ2n) is 8.93. The van der Waals surface area contributed by atoms with Gasteiger partial charge in [0.15, 0.2) is 0 Å². The number of halogens is 2. The number of nitrogens with zero attached hydrogens (tertiary/aromatic N) is 1. The maximum atomic E-state index is 13.9. The Kier molecular flexibility index (Phi) is 8.06. The van der Waals surface area contributed by atoms with Crippen LogP contribution in [0.2, 0.25) is 10.0 Å². The Bertz CT molecular complexity index is 999. The van der Waals surface area contributed by atoms with E-state index in [4.69, 9.17) is 23.2 Å². The summed E-state index contributed by atoms with van der Waals surface area (Å²) in [6.07, 6.45) is -0.865. The monoisotopic (exact) mass is 493 g/mol. The number of carbonyl (C=O) groups excluding carboxylic acids is 1. The van der Waals surface area contributed by atoms with Crippen molar-refractivity contribution in [3.8, 4) is 0 Å². The summed E-state index contributed by atoms with van der Waals surface area (Å²) in [5, 5.41) is 31.1. The zero-order valence-corrected chi connectivity index (χ0v) is 20.1. The van der Waals surface area contributed by atoms with Crippen LogP contribution in [0, 0.1) is 5.41 Å². The lowest BCUT2D eigenvalue weighted by Crippen LogP contribution is -2.59. The van der Waals surface area contributed by atoms with Crippen LogP contribution in [-0.4, -0.2) is 50.8 Å². The second kappa shape index (κ2) is 10.4. The average Bonchev–Trinajstić information content (AvgIpc) is 2.77. The van der Waals surface area contributed by atoms with E-state index in [1.165, 1.54) is 0 Å². The number of aliphatic carboxylic acids is 1. The van der Waals surface area contributed by atoms with E-state index in [-0.39, 0.29) is 24.7 Å². The average molecular weight is 494 g/mol. The van der Waals surface area contributed by atoms with Crippen LogP contribution < -0.4 is 0 Å². The lowest BCUT2D eigenvalue weighted by Gasteiger charge is -2.52. The molecule has 0 spiro atoms. The molecule has 0 saturated carbocycles. The van der Waals surface area contributed by atoms with E-state index in [9.17, 15) is 24.9 Å². The van der Waals surface area contributed by atoms with Crippen molar-refractivity contribution in [1.82, 2.24) is 4.90 Å². The van der Waals surface area contributed by atoms with Gasteiger partial charge in [0.2, 0.25) is 5.91 Å². The van der Waals surface area contributed by atoms with Gasteiger partial charge >= 0.3 is 5.97 Å². The zero-order valence-electron chi connectivity index (χ0n) is 18.6. The fourth-order valence-corrected chi connectivity index (χ4v) is 5.35. The summed E-state index contributed by atoms with van der Waals surface area (Å²) in [5.74, 6) is -1.73. The summed E-state index contributed by atoms with van der Waals surface area (Å²) in [5.41, 5.74) is 0.466. The molecule has 1 heterocycles. The van der Waals surface area contributed by atoms with Crippen LogP contribution in [0.15, 0.2) is 48.5 Å². The Hall–Kier alpha value is -2.12. The van der Waals surface area contributed by atoms with Crippen molar-refractivity contribution in [2.75, 3.05) is 6.61 Å². The van der Waals surface area contributed by atoms with Gasteiger partial charge < -0.3 is 20.2 Å². The van der Waals surface area contributed by atoms with Crippen LogP contribution in [0.1, 0.15) is 56.2 Å². The van der Waals surface area contributed by atoms with Crippen molar-refractivity contribution in [1.29, 1.82) is 0 Å². The molecular weight excluding hydrogens is 465 g/mol. The number of hydrogen-bond donors (Lipinski definition) is 3. The molecule has 2 aromatic carbocycles. The maximum absolute atomic E-state index is 13.9. The molecule has 33 heavy (non-hydrogen) atoms. The molecule has 8 heteroatoms. The Morgan fingerprint density at radius 2 is 1.82 bits per heavy atom. The van der Waals surface area contributed by atoms with E-state index in [2.05, 4.69) is 0 Å². The first-order valence-electron chi connectivity index (χ1n) is 11.0. The molecule has 2 aromatic rings. The number of carboxylic acids is 1. The standard InChI is InChI=1S/C25H29Cl2NO5/c1-3-20(21(30)14-29)28-23(15-7-9-17(26)10-8-15)19(16-5-4-6-18(27)11-16)12-25(2,24(28)33)13-22(31)32/h4-11,19-21,23,29-30H,3,12-14H2,1-2H3,(H,31,32)/t19-,20+,21-,23-,25-/m1/s1. The van der Waals surface area contributed by atoms with Crippen molar-refractivity contribution < 1.29 is 24.9 Å². The van der Waals surface area contributed by atoms with Crippen molar-refractivity contribution in [2.24, 2.45) is 5.41 Å². The molecule has 3 rings (SSSR count). The van der Waals surface area contributed by atoms with Gasteiger partial charge in [0.25, 0.3) is 0 Å². The minimum atomic E-state index is -1.20. The summed E-state index contributed by atoms with van der Waals surface area (Å²) in [7, 11) is 0. The third kappa shape index (κ3) is 5.35. The third-order valence-electron chi connectivity index (χ3n) is 6.54. The molecule has 1 fully saturated rings. The van der Waals surface area contributed by atoms with E-state index in [1.807, 2.05) is 37.3 Å². The molecule has 1 amide bonds. The molecule has 0 radical (unpaired) electrons. The lowest BCUT2D eigenvalue weighted by molar-refractivity contribution is -0.164.